The highest BCUT2D eigenvalue weighted by molar-refractivity contribution is 8.00. The number of carbonyl (C=O) groups is 1. The number of nitrogen functional groups attached to an aromatic ring is 1. The molecule has 10 heteroatoms. The van der Waals surface area contributed by atoms with Crippen molar-refractivity contribution in [1.82, 2.24) is 20.2 Å². The standard InChI is InChI=1S/C8H12F3N5OS/c1-3-13-5(17)4(2)18-7-15-14-6(16(7)12)8(9,10)11/h4H,3,12H2,1-2H3,(H,13,17)/t4-/m0/s1. The number of thioether (sulfide) groups is 1. The summed E-state index contributed by atoms with van der Waals surface area (Å²) < 4.78 is 37.5. The number of rotatable bonds is 4. The van der Waals surface area contributed by atoms with Gasteiger partial charge in [-0.1, -0.05) is 11.8 Å². The molecule has 0 aliphatic heterocycles. The SMILES string of the molecule is CCNC(=O)[C@H](C)Sc1nnc(C(F)(F)F)n1N. The van der Waals surface area contributed by atoms with Gasteiger partial charge in [-0.2, -0.15) is 13.2 Å². The Morgan fingerprint density at radius 3 is 2.61 bits per heavy atom. The second-order valence-corrected chi connectivity index (χ2v) is 4.64. The summed E-state index contributed by atoms with van der Waals surface area (Å²) in [6.07, 6.45) is -4.67. The summed E-state index contributed by atoms with van der Waals surface area (Å²) in [5.74, 6) is 3.63. The topological polar surface area (TPSA) is 85.8 Å². The lowest BCUT2D eigenvalue weighted by Gasteiger charge is -2.10. The van der Waals surface area contributed by atoms with Crippen LogP contribution >= 0.6 is 11.8 Å². The van der Waals surface area contributed by atoms with Gasteiger partial charge >= 0.3 is 6.18 Å². The third-order valence-electron chi connectivity index (χ3n) is 1.92. The highest BCUT2D eigenvalue weighted by atomic mass is 32.2. The number of carbonyl (C=O) groups excluding carboxylic acids is 1. The Morgan fingerprint density at radius 1 is 1.56 bits per heavy atom. The molecule has 18 heavy (non-hydrogen) atoms. The molecule has 0 saturated carbocycles. The lowest BCUT2D eigenvalue weighted by atomic mass is 10.4. The van der Waals surface area contributed by atoms with Gasteiger partial charge in [-0.25, -0.2) is 4.68 Å². The van der Waals surface area contributed by atoms with Crippen molar-refractivity contribution in [1.29, 1.82) is 0 Å². The van der Waals surface area contributed by atoms with E-state index in [0.29, 0.717) is 11.2 Å². The third-order valence-corrected chi connectivity index (χ3v) is 2.98. The number of hydrogen-bond donors (Lipinski definition) is 2. The fourth-order valence-electron chi connectivity index (χ4n) is 1.08. The molecule has 0 aliphatic rings. The Kier molecular flexibility index (Phi) is 4.43. The molecule has 3 N–H and O–H groups in total. The van der Waals surface area contributed by atoms with E-state index in [2.05, 4.69) is 15.5 Å². The lowest BCUT2D eigenvalue weighted by molar-refractivity contribution is -0.146. The number of halogens is 3. The molecule has 1 aromatic heterocycles. The monoisotopic (exact) mass is 283 g/mol. The fraction of sp³-hybridized carbons (Fsp3) is 0.625. The third kappa shape index (κ3) is 3.28. The normalized spacial score (nSPS) is 13.4. The zero-order chi connectivity index (χ0) is 13.9. The van der Waals surface area contributed by atoms with Crippen molar-refractivity contribution in [3.63, 3.8) is 0 Å². The van der Waals surface area contributed by atoms with Gasteiger partial charge in [0, 0.05) is 6.54 Å². The molecule has 0 spiro atoms. The predicted octanol–water partition coefficient (Wildman–Crippen LogP) is 0.627. The van der Waals surface area contributed by atoms with Crippen molar-refractivity contribution in [3.8, 4) is 0 Å². The summed E-state index contributed by atoms with van der Waals surface area (Å²) in [7, 11) is 0. The molecule has 0 bridgehead atoms. The van der Waals surface area contributed by atoms with Crippen molar-refractivity contribution in [2.45, 2.75) is 30.4 Å². The number of nitrogens with two attached hydrogens (primary N) is 1. The number of aromatic nitrogens is 3. The minimum atomic E-state index is -4.67. The minimum absolute atomic E-state index is 0.166. The summed E-state index contributed by atoms with van der Waals surface area (Å²) in [5.41, 5.74) is 0. The molecule has 1 aromatic rings. The highest BCUT2D eigenvalue weighted by Crippen LogP contribution is 2.29. The Balaban J connectivity index is 2.81. The molecule has 1 atom stereocenters. The van der Waals surface area contributed by atoms with E-state index >= 15 is 0 Å². The van der Waals surface area contributed by atoms with Crippen LogP contribution in [0, 0.1) is 0 Å². The molecule has 0 aromatic carbocycles. The molecule has 1 heterocycles. The van der Waals surface area contributed by atoms with Crippen LogP contribution in [0.5, 0.6) is 0 Å². The van der Waals surface area contributed by atoms with E-state index in [1.807, 2.05) is 0 Å². The van der Waals surface area contributed by atoms with Crippen LogP contribution in [0.25, 0.3) is 0 Å². The molecule has 6 nitrogen and oxygen atoms in total. The van der Waals surface area contributed by atoms with Crippen LogP contribution in [0.2, 0.25) is 0 Å². The van der Waals surface area contributed by atoms with Crippen LogP contribution in [0.4, 0.5) is 13.2 Å². The smallest absolute Gasteiger partial charge is 0.355 e. The second kappa shape index (κ2) is 5.46. The number of amides is 1. The van der Waals surface area contributed by atoms with Crippen LogP contribution < -0.4 is 11.2 Å². The number of nitrogens with zero attached hydrogens (tertiary/aromatic N) is 3. The number of hydrogen-bond acceptors (Lipinski definition) is 5. The molecule has 0 fully saturated rings. The first-order valence-corrected chi connectivity index (χ1v) is 5.87. The summed E-state index contributed by atoms with van der Waals surface area (Å²) in [5, 5.41) is 8.03. The van der Waals surface area contributed by atoms with Crippen LogP contribution in [0.3, 0.4) is 0 Å². The zero-order valence-corrected chi connectivity index (χ0v) is 10.5. The first kappa shape index (κ1) is 14.6. The largest absolute Gasteiger partial charge is 0.453 e. The van der Waals surface area contributed by atoms with Crippen molar-refractivity contribution >= 4 is 17.7 Å². The van der Waals surface area contributed by atoms with Gasteiger partial charge in [-0.05, 0) is 13.8 Å². The molecule has 1 amide bonds. The van der Waals surface area contributed by atoms with E-state index in [4.69, 9.17) is 5.84 Å². The van der Waals surface area contributed by atoms with Crippen molar-refractivity contribution in [3.05, 3.63) is 5.82 Å². The fourth-order valence-corrected chi connectivity index (χ4v) is 1.87. The van der Waals surface area contributed by atoms with Gasteiger partial charge in [-0.15, -0.1) is 10.2 Å². The van der Waals surface area contributed by atoms with E-state index in [0.717, 1.165) is 11.8 Å². The van der Waals surface area contributed by atoms with Gasteiger partial charge in [0.05, 0.1) is 5.25 Å². The molecule has 1 rings (SSSR count). The van der Waals surface area contributed by atoms with Crippen LogP contribution in [-0.2, 0) is 11.0 Å². The summed E-state index contributed by atoms with van der Waals surface area (Å²) in [4.78, 5) is 11.4. The quantitative estimate of drug-likeness (QED) is 0.625. The zero-order valence-electron chi connectivity index (χ0n) is 9.65. The van der Waals surface area contributed by atoms with Gasteiger partial charge in [0.2, 0.25) is 11.1 Å². The average molecular weight is 283 g/mol. The maximum Gasteiger partial charge on any atom is 0.453 e. The molecule has 0 radical (unpaired) electrons. The molecule has 0 aliphatic carbocycles. The number of nitrogens with one attached hydrogen (secondary N) is 1. The van der Waals surface area contributed by atoms with Crippen molar-refractivity contribution in [2.75, 3.05) is 12.4 Å². The summed E-state index contributed by atoms with van der Waals surface area (Å²) in [6.45, 7) is 3.72. The number of alkyl halides is 3. The predicted molar refractivity (Wildman–Crippen MR) is 59.2 cm³/mol. The molecular weight excluding hydrogens is 271 g/mol. The van der Waals surface area contributed by atoms with E-state index in [9.17, 15) is 18.0 Å². The maximum absolute atomic E-state index is 12.4. The molecule has 0 unspecified atom stereocenters. The van der Waals surface area contributed by atoms with Gasteiger partial charge in [0.15, 0.2) is 0 Å². The van der Waals surface area contributed by atoms with Gasteiger partial charge in [-0.3, -0.25) is 4.79 Å². The van der Waals surface area contributed by atoms with Gasteiger partial charge in [0.1, 0.15) is 0 Å². The minimum Gasteiger partial charge on any atom is -0.355 e. The Hall–Kier alpha value is -1.45. The van der Waals surface area contributed by atoms with E-state index in [1.54, 1.807) is 6.92 Å². The summed E-state index contributed by atoms with van der Waals surface area (Å²) in [6, 6.07) is 0. The summed E-state index contributed by atoms with van der Waals surface area (Å²) >= 11 is 0.807. The van der Waals surface area contributed by atoms with Crippen LogP contribution in [-0.4, -0.2) is 32.6 Å². The van der Waals surface area contributed by atoms with E-state index in [1.165, 1.54) is 6.92 Å². The highest BCUT2D eigenvalue weighted by Gasteiger charge is 2.38. The molecule has 102 valence electrons. The van der Waals surface area contributed by atoms with E-state index < -0.39 is 17.3 Å². The Bertz CT molecular complexity index is 433. The van der Waals surface area contributed by atoms with E-state index in [-0.39, 0.29) is 11.1 Å². The average Bonchev–Trinajstić information content (AvgIpc) is 2.60. The van der Waals surface area contributed by atoms with Crippen LogP contribution in [0.1, 0.15) is 19.7 Å². The second-order valence-electron chi connectivity index (χ2n) is 3.33. The van der Waals surface area contributed by atoms with Crippen molar-refractivity contribution < 1.29 is 18.0 Å². The lowest BCUT2D eigenvalue weighted by Crippen LogP contribution is -2.31. The first-order valence-electron chi connectivity index (χ1n) is 4.99. The first-order chi connectivity index (χ1) is 8.27. The van der Waals surface area contributed by atoms with Crippen LogP contribution in [0.15, 0.2) is 5.16 Å². The van der Waals surface area contributed by atoms with Gasteiger partial charge < -0.3 is 11.2 Å². The van der Waals surface area contributed by atoms with Gasteiger partial charge in [0.25, 0.3) is 5.82 Å². The maximum atomic E-state index is 12.4. The molecular formula is C8H12F3N5OS. The Labute approximate surface area is 105 Å². The Morgan fingerprint density at radius 2 is 2.17 bits per heavy atom. The van der Waals surface area contributed by atoms with Crippen molar-refractivity contribution in [2.24, 2.45) is 0 Å². The molecule has 0 saturated heterocycles.